The molecule has 1 rings (SSSR count). The standard InChI is InChI=1S/C15H26N2O3/c1-4-17(13-8-6-5-7-9-13)14(18)11-16(3)10-12(2)15(19)20/h8,12H,4-7,9-11H2,1-3H3,(H,19,20). The van der Waals surface area contributed by atoms with Crippen LogP contribution in [0.2, 0.25) is 0 Å². The SMILES string of the molecule is CCN(C(=O)CN(C)CC(C)C(=O)O)C1=CCCCC1. The lowest BCUT2D eigenvalue weighted by Gasteiger charge is -2.28. The summed E-state index contributed by atoms with van der Waals surface area (Å²) in [6.45, 7) is 4.96. The molecule has 1 aliphatic carbocycles. The number of carbonyl (C=O) groups is 2. The topological polar surface area (TPSA) is 60.9 Å². The van der Waals surface area contributed by atoms with Crippen LogP contribution in [0, 0.1) is 5.92 Å². The van der Waals surface area contributed by atoms with Gasteiger partial charge in [-0.05, 0) is 39.7 Å². The summed E-state index contributed by atoms with van der Waals surface area (Å²) in [5, 5.41) is 8.89. The summed E-state index contributed by atoms with van der Waals surface area (Å²) in [4.78, 5) is 26.8. The molecule has 114 valence electrons. The fraction of sp³-hybridized carbons (Fsp3) is 0.733. The summed E-state index contributed by atoms with van der Waals surface area (Å²) in [7, 11) is 1.79. The summed E-state index contributed by atoms with van der Waals surface area (Å²) in [6, 6.07) is 0. The van der Waals surface area contributed by atoms with Crippen LogP contribution in [-0.2, 0) is 9.59 Å². The zero-order valence-corrected chi connectivity index (χ0v) is 12.8. The molecule has 1 N–H and O–H groups in total. The molecule has 0 saturated carbocycles. The Balaban J connectivity index is 2.54. The third kappa shape index (κ3) is 4.96. The van der Waals surface area contributed by atoms with Crippen molar-refractivity contribution in [2.45, 2.75) is 39.5 Å². The monoisotopic (exact) mass is 282 g/mol. The van der Waals surface area contributed by atoms with Crippen molar-refractivity contribution in [1.29, 1.82) is 0 Å². The van der Waals surface area contributed by atoms with E-state index in [9.17, 15) is 9.59 Å². The van der Waals surface area contributed by atoms with Crippen molar-refractivity contribution in [3.63, 3.8) is 0 Å². The molecule has 5 heteroatoms. The maximum Gasteiger partial charge on any atom is 0.307 e. The van der Waals surface area contributed by atoms with Gasteiger partial charge < -0.3 is 10.0 Å². The van der Waals surface area contributed by atoms with Gasteiger partial charge in [-0.25, -0.2) is 0 Å². The molecule has 0 aromatic heterocycles. The molecule has 1 atom stereocenters. The maximum absolute atomic E-state index is 12.3. The highest BCUT2D eigenvalue weighted by atomic mass is 16.4. The van der Waals surface area contributed by atoms with Crippen LogP contribution >= 0.6 is 0 Å². The largest absolute Gasteiger partial charge is 0.481 e. The number of carboxylic acids is 1. The van der Waals surface area contributed by atoms with Crippen LogP contribution in [0.1, 0.15) is 39.5 Å². The van der Waals surface area contributed by atoms with E-state index in [-0.39, 0.29) is 12.5 Å². The van der Waals surface area contributed by atoms with E-state index in [1.807, 2.05) is 11.8 Å². The Labute approximate surface area is 121 Å². The molecule has 0 spiro atoms. The third-order valence-electron chi connectivity index (χ3n) is 3.64. The van der Waals surface area contributed by atoms with Gasteiger partial charge in [0.1, 0.15) is 0 Å². The minimum absolute atomic E-state index is 0.0562. The molecular formula is C15H26N2O3. The Morgan fingerprint density at radius 2 is 2.10 bits per heavy atom. The highest BCUT2D eigenvalue weighted by Gasteiger charge is 2.21. The van der Waals surface area contributed by atoms with Crippen LogP contribution in [0.5, 0.6) is 0 Å². The summed E-state index contributed by atoms with van der Waals surface area (Å²) >= 11 is 0. The predicted octanol–water partition coefficient (Wildman–Crippen LogP) is 1.95. The molecule has 20 heavy (non-hydrogen) atoms. The van der Waals surface area contributed by atoms with Crippen LogP contribution < -0.4 is 0 Å². The fourth-order valence-electron chi connectivity index (χ4n) is 2.53. The fourth-order valence-corrected chi connectivity index (χ4v) is 2.53. The van der Waals surface area contributed by atoms with E-state index in [2.05, 4.69) is 6.08 Å². The molecule has 0 aliphatic heterocycles. The average Bonchev–Trinajstić information content (AvgIpc) is 2.40. The van der Waals surface area contributed by atoms with E-state index in [4.69, 9.17) is 5.11 Å². The minimum atomic E-state index is -0.827. The molecule has 0 heterocycles. The first-order chi connectivity index (χ1) is 9.45. The van der Waals surface area contributed by atoms with Crippen molar-refractivity contribution in [3.8, 4) is 0 Å². The number of hydrogen-bond acceptors (Lipinski definition) is 3. The lowest BCUT2D eigenvalue weighted by Crippen LogP contribution is -2.40. The molecule has 0 bridgehead atoms. The number of amides is 1. The van der Waals surface area contributed by atoms with Crippen molar-refractivity contribution < 1.29 is 14.7 Å². The zero-order chi connectivity index (χ0) is 15.1. The molecule has 1 amide bonds. The van der Waals surface area contributed by atoms with Gasteiger partial charge in [-0.2, -0.15) is 0 Å². The van der Waals surface area contributed by atoms with E-state index < -0.39 is 11.9 Å². The van der Waals surface area contributed by atoms with Gasteiger partial charge in [0.05, 0.1) is 12.5 Å². The number of likely N-dealkylation sites (N-methyl/N-ethyl adjacent to an activating group) is 2. The highest BCUT2D eigenvalue weighted by molar-refractivity contribution is 5.80. The number of nitrogens with zero attached hydrogens (tertiary/aromatic N) is 2. The predicted molar refractivity (Wildman–Crippen MR) is 78.2 cm³/mol. The summed E-state index contributed by atoms with van der Waals surface area (Å²) in [5.74, 6) is -1.23. The Kier molecular flexibility index (Phi) is 6.71. The Morgan fingerprint density at radius 1 is 1.40 bits per heavy atom. The number of aliphatic carboxylic acids is 1. The van der Waals surface area contributed by atoms with E-state index in [1.54, 1.807) is 18.9 Å². The van der Waals surface area contributed by atoms with Gasteiger partial charge in [-0.3, -0.25) is 14.5 Å². The van der Waals surface area contributed by atoms with E-state index in [1.165, 1.54) is 6.42 Å². The van der Waals surface area contributed by atoms with E-state index in [0.29, 0.717) is 13.1 Å². The third-order valence-corrected chi connectivity index (χ3v) is 3.64. The van der Waals surface area contributed by atoms with E-state index in [0.717, 1.165) is 25.0 Å². The Bertz CT molecular complexity index is 379. The van der Waals surface area contributed by atoms with Gasteiger partial charge in [0.25, 0.3) is 0 Å². The molecule has 0 saturated heterocycles. The van der Waals surface area contributed by atoms with Gasteiger partial charge in [-0.1, -0.05) is 13.0 Å². The Hall–Kier alpha value is -1.36. The molecule has 0 aromatic rings. The summed E-state index contributed by atoms with van der Waals surface area (Å²) < 4.78 is 0. The molecule has 5 nitrogen and oxygen atoms in total. The van der Waals surface area contributed by atoms with Crippen molar-refractivity contribution in [2.75, 3.05) is 26.7 Å². The zero-order valence-electron chi connectivity index (χ0n) is 12.8. The highest BCUT2D eigenvalue weighted by Crippen LogP contribution is 2.21. The Morgan fingerprint density at radius 3 is 2.60 bits per heavy atom. The lowest BCUT2D eigenvalue weighted by atomic mass is 10.0. The van der Waals surface area contributed by atoms with E-state index >= 15 is 0 Å². The quantitative estimate of drug-likeness (QED) is 0.775. The van der Waals surface area contributed by atoms with Crippen molar-refractivity contribution >= 4 is 11.9 Å². The number of carbonyl (C=O) groups excluding carboxylic acids is 1. The second-order valence-electron chi connectivity index (χ2n) is 5.52. The first-order valence-electron chi connectivity index (χ1n) is 7.36. The van der Waals surface area contributed by atoms with Gasteiger partial charge in [-0.15, -0.1) is 0 Å². The van der Waals surface area contributed by atoms with Gasteiger partial charge in [0.2, 0.25) is 5.91 Å². The molecule has 1 aliphatic rings. The van der Waals surface area contributed by atoms with Crippen LogP contribution in [0.4, 0.5) is 0 Å². The normalized spacial score (nSPS) is 16.7. The number of rotatable bonds is 7. The second kappa shape index (κ2) is 8.04. The van der Waals surface area contributed by atoms with Crippen LogP contribution in [-0.4, -0.2) is 53.5 Å². The van der Waals surface area contributed by atoms with Crippen molar-refractivity contribution in [3.05, 3.63) is 11.8 Å². The van der Waals surface area contributed by atoms with Crippen LogP contribution in [0.15, 0.2) is 11.8 Å². The first kappa shape index (κ1) is 16.7. The summed E-state index contributed by atoms with van der Waals surface area (Å²) in [6.07, 6.45) is 6.51. The minimum Gasteiger partial charge on any atom is -0.481 e. The number of allylic oxidation sites excluding steroid dienone is 2. The van der Waals surface area contributed by atoms with Gasteiger partial charge in [0.15, 0.2) is 0 Å². The number of hydrogen-bond donors (Lipinski definition) is 1. The molecular weight excluding hydrogens is 256 g/mol. The lowest BCUT2D eigenvalue weighted by molar-refractivity contribution is -0.142. The van der Waals surface area contributed by atoms with Gasteiger partial charge in [0, 0.05) is 18.8 Å². The molecule has 1 unspecified atom stereocenters. The average molecular weight is 282 g/mol. The summed E-state index contributed by atoms with van der Waals surface area (Å²) in [5.41, 5.74) is 1.13. The maximum atomic E-state index is 12.3. The van der Waals surface area contributed by atoms with Crippen LogP contribution in [0.3, 0.4) is 0 Å². The van der Waals surface area contributed by atoms with Gasteiger partial charge >= 0.3 is 5.97 Å². The second-order valence-corrected chi connectivity index (χ2v) is 5.52. The molecule has 0 aromatic carbocycles. The van der Waals surface area contributed by atoms with Crippen LogP contribution in [0.25, 0.3) is 0 Å². The molecule has 0 fully saturated rings. The number of carboxylic acid groups (broad SMARTS) is 1. The van der Waals surface area contributed by atoms with Crippen molar-refractivity contribution in [2.24, 2.45) is 5.92 Å². The molecule has 0 radical (unpaired) electrons. The van der Waals surface area contributed by atoms with Crippen molar-refractivity contribution in [1.82, 2.24) is 9.80 Å². The smallest absolute Gasteiger partial charge is 0.307 e. The first-order valence-corrected chi connectivity index (χ1v) is 7.36.